The molecule has 20 nitrogen and oxygen atoms in total. The lowest BCUT2D eigenvalue weighted by Crippen LogP contribution is -2.28. The lowest BCUT2D eigenvalue weighted by atomic mass is 10.2. The summed E-state index contributed by atoms with van der Waals surface area (Å²) in [5.41, 5.74) is 9.72. The Balaban J connectivity index is 0.943. The minimum Gasteiger partial charge on any atom is -0.394 e. The van der Waals surface area contributed by atoms with Gasteiger partial charge in [0.1, 0.15) is 42.4 Å². The topological polar surface area (TPSA) is 292 Å². The Morgan fingerprint density at radius 1 is 0.759 bits per heavy atom. The standard InChI is InChI=1S/C30H50N6O14P2S2/c31-25-9-11-35(29(39)33-25)27-17-21(38)24(49-27)20-47-51(41,42)45-13-5-1-3-7-15-53-54-16-8-4-2-6-14-46-52(43,44)50-22-18-28(48-23(22)19-37)36-12-10-26(32)34-30(36)40/h9-12,21-24,27-28,37-38H,1-8,13-20H2,(H,41,42)(H,43,44)(H2,31,33,39)(H2,32,34,40)/t21-,22-,23+,24+,27+,28+/m0/s1. The van der Waals surface area contributed by atoms with Crippen LogP contribution in [0.3, 0.4) is 0 Å². The van der Waals surface area contributed by atoms with Gasteiger partial charge < -0.3 is 40.9 Å². The number of hydrogen-bond acceptors (Lipinski definition) is 18. The molecule has 306 valence electrons. The molecule has 2 aromatic heterocycles. The first-order valence-electron chi connectivity index (χ1n) is 17.6. The fourth-order valence-corrected chi connectivity index (χ4v) is 9.64. The summed E-state index contributed by atoms with van der Waals surface area (Å²) in [5.74, 6) is 2.04. The van der Waals surface area contributed by atoms with Crippen molar-refractivity contribution in [3.8, 4) is 0 Å². The quantitative estimate of drug-likeness (QED) is 0.0476. The predicted molar refractivity (Wildman–Crippen MR) is 200 cm³/mol. The van der Waals surface area contributed by atoms with Crippen molar-refractivity contribution in [2.75, 3.05) is 49.4 Å². The third kappa shape index (κ3) is 14.9. The maximum atomic E-state index is 12.5. The summed E-state index contributed by atoms with van der Waals surface area (Å²) in [7, 11) is -5.22. The highest BCUT2D eigenvalue weighted by Gasteiger charge is 2.42. The fraction of sp³-hybridized carbons (Fsp3) is 0.733. The van der Waals surface area contributed by atoms with Gasteiger partial charge in [0.2, 0.25) is 0 Å². The molecular formula is C30H50N6O14P2S2. The molecule has 2 aliphatic rings. The molecule has 0 radical (unpaired) electrons. The second-order valence-electron chi connectivity index (χ2n) is 12.6. The highest BCUT2D eigenvalue weighted by Crippen LogP contribution is 2.48. The molecule has 4 rings (SSSR count). The highest BCUT2D eigenvalue weighted by atomic mass is 33.1. The van der Waals surface area contributed by atoms with Crippen LogP contribution in [0.1, 0.15) is 76.7 Å². The van der Waals surface area contributed by atoms with Gasteiger partial charge in [0.15, 0.2) is 0 Å². The molecule has 4 heterocycles. The number of rotatable bonds is 25. The summed E-state index contributed by atoms with van der Waals surface area (Å²) in [6.45, 7) is -0.805. The van der Waals surface area contributed by atoms with Gasteiger partial charge >= 0.3 is 27.0 Å². The van der Waals surface area contributed by atoms with Crippen molar-refractivity contribution in [2.45, 2.75) is 101 Å². The first kappa shape index (κ1) is 44.8. The Morgan fingerprint density at radius 3 is 1.80 bits per heavy atom. The number of nitrogens with zero attached hydrogens (tertiary/aromatic N) is 4. The molecule has 2 aromatic rings. The smallest absolute Gasteiger partial charge is 0.394 e. The number of phosphoric acid groups is 2. The zero-order valence-electron chi connectivity index (χ0n) is 29.6. The summed E-state index contributed by atoms with van der Waals surface area (Å²) in [4.78, 5) is 51.6. The van der Waals surface area contributed by atoms with Gasteiger partial charge in [0, 0.05) is 36.7 Å². The number of nitrogen functional groups attached to an aromatic ring is 2. The summed E-state index contributed by atoms with van der Waals surface area (Å²) >= 11 is 0. The van der Waals surface area contributed by atoms with Crippen molar-refractivity contribution in [1.29, 1.82) is 0 Å². The summed E-state index contributed by atoms with van der Waals surface area (Å²) in [6.07, 6.45) is 4.00. The predicted octanol–water partition coefficient (Wildman–Crippen LogP) is 2.73. The molecule has 0 aromatic carbocycles. The van der Waals surface area contributed by atoms with E-state index in [9.17, 15) is 38.7 Å². The molecule has 2 saturated heterocycles. The minimum absolute atomic E-state index is 0.0280. The van der Waals surface area contributed by atoms with Gasteiger partial charge in [0.25, 0.3) is 0 Å². The van der Waals surface area contributed by atoms with Gasteiger partial charge in [-0.25, -0.2) is 18.7 Å². The van der Waals surface area contributed by atoms with Crippen LogP contribution in [0.4, 0.5) is 11.6 Å². The van der Waals surface area contributed by atoms with Crippen LogP contribution in [0.5, 0.6) is 0 Å². The number of nitrogens with two attached hydrogens (primary N) is 2. The lowest BCUT2D eigenvalue weighted by molar-refractivity contribution is -0.0464. The molecule has 24 heteroatoms. The van der Waals surface area contributed by atoms with Crippen molar-refractivity contribution in [3.63, 3.8) is 0 Å². The van der Waals surface area contributed by atoms with Crippen LogP contribution in [0, 0.1) is 0 Å². The molecule has 0 amide bonds. The number of unbranched alkanes of at least 4 members (excludes halogenated alkanes) is 6. The third-order valence-electron chi connectivity index (χ3n) is 8.39. The second-order valence-corrected chi connectivity index (χ2v) is 18.1. The van der Waals surface area contributed by atoms with E-state index >= 15 is 0 Å². The van der Waals surface area contributed by atoms with Gasteiger partial charge in [-0.05, 0) is 37.8 Å². The van der Waals surface area contributed by atoms with Gasteiger partial charge in [-0.2, -0.15) is 9.97 Å². The van der Waals surface area contributed by atoms with E-state index in [0.717, 1.165) is 50.0 Å². The van der Waals surface area contributed by atoms with E-state index < -0.39 is 77.1 Å². The average Bonchev–Trinajstić information content (AvgIpc) is 3.68. The SMILES string of the molecule is Nc1ccn([C@H]2C[C@H](OP(=O)(O)OCCCCCCSSCCCCCCOP(=O)(O)OC[C@H]3O[C@@H](n4ccc(N)nc4=O)C[C@@H]3O)[C@@H](CO)O2)c(=O)n1. The third-order valence-corrected chi connectivity index (χ3v) is 13.0. The molecule has 2 fully saturated rings. The van der Waals surface area contributed by atoms with E-state index in [1.54, 1.807) is 21.6 Å². The Bertz CT molecular complexity index is 1680. The maximum absolute atomic E-state index is 12.5. The molecule has 0 saturated carbocycles. The molecule has 8 N–H and O–H groups in total. The van der Waals surface area contributed by atoms with Crippen molar-refractivity contribution >= 4 is 48.9 Å². The highest BCUT2D eigenvalue weighted by molar-refractivity contribution is 8.76. The summed E-state index contributed by atoms with van der Waals surface area (Å²) in [5, 5.41) is 19.9. The minimum atomic E-state index is -4.43. The Hall–Kier alpha value is -1.88. The zero-order chi connectivity index (χ0) is 39.1. The van der Waals surface area contributed by atoms with Crippen LogP contribution in [-0.4, -0.2) is 101 Å². The second kappa shape index (κ2) is 22.2. The number of hydrogen-bond donors (Lipinski definition) is 6. The van der Waals surface area contributed by atoms with E-state index in [0.29, 0.717) is 12.8 Å². The Labute approximate surface area is 319 Å². The van der Waals surface area contributed by atoms with Crippen LogP contribution in [0.25, 0.3) is 0 Å². The van der Waals surface area contributed by atoms with Crippen LogP contribution < -0.4 is 22.8 Å². The first-order valence-corrected chi connectivity index (χ1v) is 23.1. The first-order chi connectivity index (χ1) is 25.8. The maximum Gasteiger partial charge on any atom is 0.472 e. The molecule has 8 atom stereocenters. The van der Waals surface area contributed by atoms with Crippen molar-refractivity contribution in [2.24, 2.45) is 0 Å². The summed E-state index contributed by atoms with van der Waals surface area (Å²) < 4.78 is 58.9. The van der Waals surface area contributed by atoms with E-state index in [1.807, 2.05) is 0 Å². The van der Waals surface area contributed by atoms with Crippen molar-refractivity contribution in [1.82, 2.24) is 19.1 Å². The van der Waals surface area contributed by atoms with Crippen LogP contribution >= 0.6 is 37.2 Å². The fourth-order valence-electron chi connectivity index (χ4n) is 5.59. The molecule has 0 bridgehead atoms. The molecule has 0 spiro atoms. The van der Waals surface area contributed by atoms with E-state index in [1.165, 1.54) is 33.7 Å². The van der Waals surface area contributed by atoms with Gasteiger partial charge in [0.05, 0.1) is 32.5 Å². The Morgan fingerprint density at radius 2 is 1.26 bits per heavy atom. The van der Waals surface area contributed by atoms with Crippen LogP contribution in [-0.2, 0) is 36.7 Å². The summed E-state index contributed by atoms with van der Waals surface area (Å²) in [6, 6.07) is 2.84. The van der Waals surface area contributed by atoms with Crippen molar-refractivity contribution in [3.05, 3.63) is 45.5 Å². The normalized spacial score (nSPS) is 25.1. The molecule has 2 unspecified atom stereocenters. The van der Waals surface area contributed by atoms with Crippen molar-refractivity contribution < 1.29 is 56.7 Å². The molecular weight excluding hydrogens is 794 g/mol. The average molecular weight is 845 g/mol. The van der Waals surface area contributed by atoms with E-state index in [4.69, 9.17) is 39.0 Å². The van der Waals surface area contributed by atoms with Crippen LogP contribution in [0.15, 0.2) is 34.1 Å². The van der Waals surface area contributed by atoms with Gasteiger partial charge in [-0.1, -0.05) is 47.3 Å². The zero-order valence-corrected chi connectivity index (χ0v) is 33.0. The lowest BCUT2D eigenvalue weighted by Gasteiger charge is -2.19. The van der Waals surface area contributed by atoms with E-state index in [-0.39, 0.29) is 37.7 Å². The Kier molecular flexibility index (Phi) is 18.4. The number of anilines is 2. The molecule has 54 heavy (non-hydrogen) atoms. The van der Waals surface area contributed by atoms with Crippen LogP contribution in [0.2, 0.25) is 0 Å². The monoisotopic (exact) mass is 844 g/mol. The number of aliphatic hydroxyl groups is 2. The number of phosphoric ester groups is 2. The number of aliphatic hydroxyl groups excluding tert-OH is 2. The number of aromatic nitrogens is 4. The van der Waals surface area contributed by atoms with Gasteiger partial charge in [-0.3, -0.25) is 27.2 Å². The largest absolute Gasteiger partial charge is 0.472 e. The number of ether oxygens (including phenoxy) is 2. The van der Waals surface area contributed by atoms with E-state index in [2.05, 4.69) is 9.97 Å². The van der Waals surface area contributed by atoms with Gasteiger partial charge in [-0.15, -0.1) is 0 Å². The molecule has 0 aliphatic carbocycles. The molecule has 2 aliphatic heterocycles.